The number of carbonyl (C=O) groups is 4. The van der Waals surface area contributed by atoms with E-state index in [-0.39, 0.29) is 13.1 Å². The quantitative estimate of drug-likeness (QED) is 0.659. The number of fused-ring (bicyclic) bond motifs is 4. The van der Waals surface area contributed by atoms with E-state index >= 15 is 0 Å². The number of hydrogen-bond donors (Lipinski definition) is 2. The molecule has 1 fully saturated rings. The Morgan fingerprint density at radius 3 is 2.11 bits per heavy atom. The number of amides is 2. The molecule has 0 radical (unpaired) electrons. The molecule has 2 amide bonds. The number of hydrazine groups is 1. The van der Waals surface area contributed by atoms with Gasteiger partial charge in [-0.3, -0.25) is 9.59 Å². The van der Waals surface area contributed by atoms with Crippen LogP contribution in [-0.2, 0) is 31.3 Å². The maximum atomic E-state index is 14.4. The Kier molecular flexibility index (Phi) is 5.06. The number of carboxylic acid groups (broad SMARTS) is 2. The second-order valence-electron chi connectivity index (χ2n) is 9.10. The van der Waals surface area contributed by atoms with Gasteiger partial charge in [0.1, 0.15) is 5.57 Å². The van der Waals surface area contributed by atoms with Crippen molar-refractivity contribution in [1.29, 1.82) is 0 Å². The van der Waals surface area contributed by atoms with Crippen molar-refractivity contribution >= 4 is 29.4 Å². The molecule has 3 aliphatic heterocycles. The maximum absolute atomic E-state index is 14.4. The van der Waals surface area contributed by atoms with Crippen molar-refractivity contribution < 1.29 is 29.4 Å². The molecule has 2 N–H and O–H groups in total. The lowest BCUT2D eigenvalue weighted by molar-refractivity contribution is -0.151. The van der Waals surface area contributed by atoms with Gasteiger partial charge >= 0.3 is 11.9 Å². The molecular weight excluding hydrogens is 450 g/mol. The maximum Gasteiger partial charge on any atom is 0.354 e. The molecule has 2 aromatic carbocycles. The topological polar surface area (TPSA) is 118 Å². The number of benzene rings is 2. The second kappa shape index (κ2) is 7.78. The first kappa shape index (κ1) is 22.8. The Hall–Kier alpha value is -3.98. The second-order valence-corrected chi connectivity index (χ2v) is 9.10. The minimum atomic E-state index is -1.97. The highest BCUT2D eigenvalue weighted by Gasteiger charge is 2.71. The first-order valence-corrected chi connectivity index (χ1v) is 11.5. The molecule has 0 saturated carbocycles. The molecule has 0 bridgehead atoms. The number of hydrogen-bond acceptors (Lipinski definition) is 5. The van der Waals surface area contributed by atoms with Gasteiger partial charge in [-0.15, -0.1) is 0 Å². The lowest BCUT2D eigenvalue weighted by atomic mass is 9.78. The highest BCUT2D eigenvalue weighted by Crippen LogP contribution is 2.58. The SMILES string of the molecule is CCC1(CC)CN2N(C1=O)C(C(=O)O)=C(C(=O)O)C21C(=O)N(Cc2ccccc2)c2ccccc21. The van der Waals surface area contributed by atoms with Crippen molar-refractivity contribution in [2.75, 3.05) is 11.4 Å². The van der Waals surface area contributed by atoms with Crippen LogP contribution in [0.25, 0.3) is 0 Å². The summed E-state index contributed by atoms with van der Waals surface area (Å²) < 4.78 is 0. The molecule has 3 heterocycles. The van der Waals surface area contributed by atoms with Crippen LogP contribution in [0, 0.1) is 5.41 Å². The third kappa shape index (κ3) is 2.78. The Morgan fingerprint density at radius 2 is 1.51 bits per heavy atom. The standard InChI is InChI=1S/C26H25N3O6/c1-3-25(4-2)15-28-26(19(21(30)31)20(22(32)33)29(28)23(25)34)17-12-8-9-13-18(17)27(24(26)35)14-16-10-6-5-7-11-16/h5-13H,3-4,14-15H2,1-2H3,(H,30,31)(H,32,33). The van der Waals surface area contributed by atoms with Crippen LogP contribution in [0.3, 0.4) is 0 Å². The molecule has 5 rings (SSSR count). The molecule has 0 aliphatic carbocycles. The fourth-order valence-electron chi connectivity index (χ4n) is 5.73. The number of anilines is 1. The molecular formula is C26H25N3O6. The molecule has 1 spiro atoms. The highest BCUT2D eigenvalue weighted by molar-refractivity contribution is 6.19. The van der Waals surface area contributed by atoms with Crippen LogP contribution in [0.1, 0.15) is 37.8 Å². The molecule has 1 saturated heterocycles. The summed E-state index contributed by atoms with van der Waals surface area (Å²) in [6, 6.07) is 16.1. The molecule has 2 aromatic rings. The molecule has 9 heteroatoms. The normalized spacial score (nSPS) is 22.8. The van der Waals surface area contributed by atoms with Crippen LogP contribution in [0.2, 0.25) is 0 Å². The monoisotopic (exact) mass is 475 g/mol. The molecule has 0 aromatic heterocycles. The van der Waals surface area contributed by atoms with Gasteiger partial charge in [0.15, 0.2) is 11.2 Å². The van der Waals surface area contributed by atoms with Crippen molar-refractivity contribution in [1.82, 2.24) is 10.0 Å². The van der Waals surface area contributed by atoms with E-state index in [1.165, 1.54) is 9.91 Å². The summed E-state index contributed by atoms with van der Waals surface area (Å²) in [4.78, 5) is 54.6. The van der Waals surface area contributed by atoms with Crippen molar-refractivity contribution in [2.24, 2.45) is 5.41 Å². The molecule has 3 aliphatic rings. The van der Waals surface area contributed by atoms with Crippen LogP contribution in [0.4, 0.5) is 5.69 Å². The van der Waals surface area contributed by atoms with Gasteiger partial charge in [0.2, 0.25) is 5.91 Å². The summed E-state index contributed by atoms with van der Waals surface area (Å²) in [7, 11) is 0. The van der Waals surface area contributed by atoms with Crippen molar-refractivity contribution in [3.8, 4) is 0 Å². The number of carbonyl (C=O) groups excluding carboxylic acids is 2. The fraction of sp³-hybridized carbons (Fsp3) is 0.308. The lowest BCUT2D eigenvalue weighted by Crippen LogP contribution is -2.54. The summed E-state index contributed by atoms with van der Waals surface area (Å²) in [5.41, 5.74) is -2.49. The minimum Gasteiger partial charge on any atom is -0.478 e. The zero-order chi connectivity index (χ0) is 25.1. The van der Waals surface area contributed by atoms with Crippen LogP contribution in [-0.4, -0.2) is 50.5 Å². The van der Waals surface area contributed by atoms with Gasteiger partial charge in [-0.2, -0.15) is 5.01 Å². The van der Waals surface area contributed by atoms with E-state index in [1.807, 2.05) is 44.2 Å². The third-order valence-electron chi connectivity index (χ3n) is 7.63. The van der Waals surface area contributed by atoms with Gasteiger partial charge in [-0.25, -0.2) is 14.6 Å². The van der Waals surface area contributed by atoms with E-state index in [0.717, 1.165) is 10.6 Å². The van der Waals surface area contributed by atoms with Crippen molar-refractivity contribution in [2.45, 2.75) is 38.8 Å². The third-order valence-corrected chi connectivity index (χ3v) is 7.63. The van der Waals surface area contributed by atoms with E-state index in [1.54, 1.807) is 24.3 Å². The predicted molar refractivity (Wildman–Crippen MR) is 125 cm³/mol. The predicted octanol–water partition coefficient (Wildman–Crippen LogP) is 2.73. The number of para-hydroxylation sites is 1. The first-order chi connectivity index (χ1) is 16.7. The summed E-state index contributed by atoms with van der Waals surface area (Å²) in [6.07, 6.45) is 0.842. The Morgan fingerprint density at radius 1 is 0.886 bits per heavy atom. The van der Waals surface area contributed by atoms with E-state index in [0.29, 0.717) is 24.1 Å². The smallest absolute Gasteiger partial charge is 0.354 e. The Balaban J connectivity index is 1.80. The van der Waals surface area contributed by atoms with Crippen LogP contribution in [0.15, 0.2) is 65.9 Å². The van der Waals surface area contributed by atoms with Crippen LogP contribution >= 0.6 is 0 Å². The fourth-order valence-corrected chi connectivity index (χ4v) is 5.73. The number of carboxylic acids is 2. The van der Waals surface area contributed by atoms with Gasteiger partial charge < -0.3 is 15.1 Å². The van der Waals surface area contributed by atoms with Gasteiger partial charge in [0.25, 0.3) is 5.91 Å². The molecule has 1 unspecified atom stereocenters. The average molecular weight is 476 g/mol. The lowest BCUT2D eigenvalue weighted by Gasteiger charge is -2.35. The van der Waals surface area contributed by atoms with E-state index < -0.39 is 46.0 Å². The highest BCUT2D eigenvalue weighted by atomic mass is 16.4. The molecule has 9 nitrogen and oxygen atoms in total. The Labute approximate surface area is 201 Å². The zero-order valence-corrected chi connectivity index (χ0v) is 19.4. The van der Waals surface area contributed by atoms with Gasteiger partial charge in [0, 0.05) is 12.1 Å². The minimum absolute atomic E-state index is 0.0334. The van der Waals surface area contributed by atoms with E-state index in [9.17, 15) is 29.4 Å². The number of nitrogens with zero attached hydrogens (tertiary/aromatic N) is 3. The number of aliphatic carboxylic acids is 2. The largest absolute Gasteiger partial charge is 0.478 e. The Bertz CT molecular complexity index is 1300. The van der Waals surface area contributed by atoms with Crippen LogP contribution < -0.4 is 4.90 Å². The molecule has 1 atom stereocenters. The molecule has 180 valence electrons. The summed E-state index contributed by atoms with van der Waals surface area (Å²) in [5, 5.41) is 22.8. The van der Waals surface area contributed by atoms with Crippen molar-refractivity contribution in [3.63, 3.8) is 0 Å². The summed E-state index contributed by atoms with van der Waals surface area (Å²) in [6.45, 7) is 3.88. The summed E-state index contributed by atoms with van der Waals surface area (Å²) >= 11 is 0. The van der Waals surface area contributed by atoms with E-state index in [2.05, 4.69) is 0 Å². The van der Waals surface area contributed by atoms with Crippen LogP contribution in [0.5, 0.6) is 0 Å². The van der Waals surface area contributed by atoms with Gasteiger partial charge in [0.05, 0.1) is 17.6 Å². The van der Waals surface area contributed by atoms with E-state index in [4.69, 9.17) is 0 Å². The number of rotatable bonds is 6. The zero-order valence-electron chi connectivity index (χ0n) is 19.4. The van der Waals surface area contributed by atoms with Gasteiger partial charge in [-0.1, -0.05) is 62.4 Å². The first-order valence-electron chi connectivity index (χ1n) is 11.5. The van der Waals surface area contributed by atoms with Gasteiger partial charge in [-0.05, 0) is 24.5 Å². The van der Waals surface area contributed by atoms with Crippen molar-refractivity contribution in [3.05, 3.63) is 77.0 Å². The summed E-state index contributed by atoms with van der Waals surface area (Å²) in [5.74, 6) is -4.19. The molecule has 35 heavy (non-hydrogen) atoms. The average Bonchev–Trinajstić information content (AvgIpc) is 3.41.